The molecular formula is C15H13N3O2. The molecule has 0 unspecified atom stereocenters. The van der Waals surface area contributed by atoms with E-state index in [-0.39, 0.29) is 5.92 Å². The van der Waals surface area contributed by atoms with Gasteiger partial charge in [0.05, 0.1) is 12.1 Å². The summed E-state index contributed by atoms with van der Waals surface area (Å²) in [6.07, 6.45) is 2.73. The van der Waals surface area contributed by atoms with Crippen molar-refractivity contribution in [1.82, 2.24) is 15.1 Å². The summed E-state index contributed by atoms with van der Waals surface area (Å²) in [6, 6.07) is 9.83. The highest BCUT2D eigenvalue weighted by molar-refractivity contribution is 5.92. The second kappa shape index (κ2) is 4.68. The van der Waals surface area contributed by atoms with Gasteiger partial charge >= 0.3 is 0 Å². The molecule has 0 N–H and O–H groups in total. The van der Waals surface area contributed by atoms with Crippen LogP contribution in [0.3, 0.4) is 0 Å². The van der Waals surface area contributed by atoms with Gasteiger partial charge in [-0.05, 0) is 24.6 Å². The van der Waals surface area contributed by atoms with Gasteiger partial charge < -0.3 is 9.26 Å². The maximum absolute atomic E-state index is 5.43. The van der Waals surface area contributed by atoms with Gasteiger partial charge in [-0.1, -0.05) is 17.3 Å². The quantitative estimate of drug-likeness (QED) is 0.714. The first kappa shape index (κ1) is 11.5. The van der Waals surface area contributed by atoms with Crippen molar-refractivity contribution in [2.45, 2.75) is 12.3 Å². The number of aromatic nitrogens is 3. The summed E-state index contributed by atoms with van der Waals surface area (Å²) in [5.41, 5.74) is 1.85. The highest BCUT2D eigenvalue weighted by Crippen LogP contribution is 2.29. The fourth-order valence-corrected chi connectivity index (χ4v) is 2.54. The van der Waals surface area contributed by atoms with Crippen molar-refractivity contribution in [1.29, 1.82) is 0 Å². The molecule has 0 spiro atoms. The predicted octanol–water partition coefficient (Wildman–Crippen LogP) is 2.79. The molecule has 5 heteroatoms. The van der Waals surface area contributed by atoms with Gasteiger partial charge in [0.1, 0.15) is 0 Å². The molecule has 0 amide bonds. The van der Waals surface area contributed by atoms with Crippen molar-refractivity contribution in [3.8, 4) is 11.5 Å². The van der Waals surface area contributed by atoms with Gasteiger partial charge in [-0.25, -0.2) is 0 Å². The number of hydrogen-bond donors (Lipinski definition) is 0. The zero-order valence-electron chi connectivity index (χ0n) is 10.8. The molecule has 4 rings (SSSR count). The van der Waals surface area contributed by atoms with Gasteiger partial charge in [0, 0.05) is 29.7 Å². The third-order valence-corrected chi connectivity index (χ3v) is 3.61. The molecule has 3 heterocycles. The molecule has 100 valence electrons. The van der Waals surface area contributed by atoms with Gasteiger partial charge in [-0.3, -0.25) is 4.98 Å². The molecule has 1 atom stereocenters. The SMILES string of the molecule is c1cc(-c2nc([C@@H]3CCOC3)no2)c2cccnc2c1. The molecule has 1 aromatic carbocycles. The topological polar surface area (TPSA) is 61.0 Å². The van der Waals surface area contributed by atoms with Gasteiger partial charge in [-0.2, -0.15) is 4.98 Å². The Bertz CT molecular complexity index is 742. The molecule has 5 nitrogen and oxygen atoms in total. The Morgan fingerprint density at radius 1 is 1.15 bits per heavy atom. The Hall–Kier alpha value is -2.27. The van der Waals surface area contributed by atoms with Crippen molar-refractivity contribution in [2.24, 2.45) is 0 Å². The van der Waals surface area contributed by atoms with E-state index < -0.39 is 0 Å². The van der Waals surface area contributed by atoms with Crippen LogP contribution in [0.25, 0.3) is 22.4 Å². The maximum atomic E-state index is 5.43. The zero-order valence-corrected chi connectivity index (χ0v) is 10.8. The Labute approximate surface area is 115 Å². The number of nitrogens with zero attached hydrogens (tertiary/aromatic N) is 3. The number of benzene rings is 1. The molecule has 1 fully saturated rings. The van der Waals surface area contributed by atoms with Crippen LogP contribution in [0.2, 0.25) is 0 Å². The summed E-state index contributed by atoms with van der Waals surface area (Å²) < 4.78 is 10.8. The van der Waals surface area contributed by atoms with Crippen molar-refractivity contribution in [3.05, 3.63) is 42.4 Å². The molecule has 1 saturated heterocycles. The number of fused-ring (bicyclic) bond motifs is 1. The van der Waals surface area contributed by atoms with Crippen LogP contribution in [0.5, 0.6) is 0 Å². The molecule has 1 aliphatic rings. The first-order chi connectivity index (χ1) is 9.92. The van der Waals surface area contributed by atoms with E-state index in [1.807, 2.05) is 30.3 Å². The molecule has 0 bridgehead atoms. The van der Waals surface area contributed by atoms with Crippen molar-refractivity contribution in [2.75, 3.05) is 13.2 Å². The molecule has 0 aliphatic carbocycles. The highest BCUT2D eigenvalue weighted by Gasteiger charge is 2.23. The van der Waals surface area contributed by atoms with Crippen LogP contribution in [0.1, 0.15) is 18.2 Å². The zero-order chi connectivity index (χ0) is 13.4. The molecule has 2 aromatic heterocycles. The van der Waals surface area contributed by atoms with Crippen molar-refractivity contribution < 1.29 is 9.26 Å². The van der Waals surface area contributed by atoms with E-state index in [1.165, 1.54) is 0 Å². The molecule has 3 aromatic rings. The number of rotatable bonds is 2. The lowest BCUT2D eigenvalue weighted by atomic mass is 10.1. The van der Waals surface area contributed by atoms with E-state index in [4.69, 9.17) is 9.26 Å². The molecule has 20 heavy (non-hydrogen) atoms. The maximum Gasteiger partial charge on any atom is 0.258 e. The third kappa shape index (κ3) is 1.87. The van der Waals surface area contributed by atoms with Gasteiger partial charge in [0.15, 0.2) is 5.82 Å². The molecule has 0 radical (unpaired) electrons. The van der Waals surface area contributed by atoms with Crippen molar-refractivity contribution in [3.63, 3.8) is 0 Å². The third-order valence-electron chi connectivity index (χ3n) is 3.61. The van der Waals surface area contributed by atoms with E-state index in [0.29, 0.717) is 12.5 Å². The van der Waals surface area contributed by atoms with Crippen LogP contribution in [0.15, 0.2) is 41.1 Å². The van der Waals surface area contributed by atoms with Crippen LogP contribution >= 0.6 is 0 Å². The van der Waals surface area contributed by atoms with Gasteiger partial charge in [0.2, 0.25) is 0 Å². The first-order valence-corrected chi connectivity index (χ1v) is 6.67. The van der Waals surface area contributed by atoms with E-state index in [1.54, 1.807) is 6.20 Å². The Morgan fingerprint density at radius 3 is 3.05 bits per heavy atom. The summed E-state index contributed by atoms with van der Waals surface area (Å²) in [5.74, 6) is 1.53. The normalized spacial score (nSPS) is 18.7. The first-order valence-electron chi connectivity index (χ1n) is 6.67. The summed E-state index contributed by atoms with van der Waals surface area (Å²) in [6.45, 7) is 1.45. The highest BCUT2D eigenvalue weighted by atomic mass is 16.5. The number of pyridine rings is 1. The van der Waals surface area contributed by atoms with Crippen LogP contribution < -0.4 is 0 Å². The fraction of sp³-hybridized carbons (Fsp3) is 0.267. The predicted molar refractivity (Wildman–Crippen MR) is 73.2 cm³/mol. The second-order valence-corrected chi connectivity index (χ2v) is 4.89. The lowest BCUT2D eigenvalue weighted by molar-refractivity contribution is 0.192. The summed E-state index contributed by atoms with van der Waals surface area (Å²) in [4.78, 5) is 8.87. The van der Waals surface area contributed by atoms with Crippen molar-refractivity contribution >= 4 is 10.9 Å². The smallest absolute Gasteiger partial charge is 0.258 e. The standard InChI is InChI=1S/C15H13N3O2/c1-3-12(11-4-2-7-16-13(11)5-1)15-17-14(18-20-15)10-6-8-19-9-10/h1-5,7,10H,6,8-9H2/t10-/m1/s1. The fourth-order valence-electron chi connectivity index (χ4n) is 2.54. The summed E-state index contributed by atoms with van der Waals surface area (Å²) in [5, 5.41) is 5.12. The number of hydrogen-bond acceptors (Lipinski definition) is 5. The van der Waals surface area contributed by atoms with E-state index in [2.05, 4.69) is 15.1 Å². The summed E-state index contributed by atoms with van der Waals surface area (Å²) >= 11 is 0. The average Bonchev–Trinajstić information content (AvgIpc) is 3.17. The minimum atomic E-state index is 0.251. The van der Waals surface area contributed by atoms with Crippen LogP contribution in [-0.4, -0.2) is 28.3 Å². The van der Waals surface area contributed by atoms with E-state index in [9.17, 15) is 0 Å². The second-order valence-electron chi connectivity index (χ2n) is 4.89. The Balaban J connectivity index is 1.79. The van der Waals surface area contributed by atoms with E-state index in [0.717, 1.165) is 35.3 Å². The lowest BCUT2D eigenvalue weighted by Crippen LogP contribution is -1.99. The Kier molecular flexibility index (Phi) is 2.70. The minimum absolute atomic E-state index is 0.251. The minimum Gasteiger partial charge on any atom is -0.381 e. The lowest BCUT2D eigenvalue weighted by Gasteiger charge is -2.01. The largest absolute Gasteiger partial charge is 0.381 e. The van der Waals surface area contributed by atoms with Gasteiger partial charge in [-0.15, -0.1) is 0 Å². The average molecular weight is 267 g/mol. The van der Waals surface area contributed by atoms with Crippen LogP contribution in [0, 0.1) is 0 Å². The number of ether oxygens (including phenoxy) is 1. The molecule has 0 saturated carbocycles. The Morgan fingerprint density at radius 2 is 2.15 bits per heavy atom. The van der Waals surface area contributed by atoms with Crippen LogP contribution in [-0.2, 0) is 4.74 Å². The monoisotopic (exact) mass is 267 g/mol. The van der Waals surface area contributed by atoms with Gasteiger partial charge in [0.25, 0.3) is 5.89 Å². The molecule has 1 aliphatic heterocycles. The van der Waals surface area contributed by atoms with Crippen LogP contribution in [0.4, 0.5) is 0 Å². The van der Waals surface area contributed by atoms with E-state index >= 15 is 0 Å². The summed E-state index contributed by atoms with van der Waals surface area (Å²) in [7, 11) is 0. The molecular weight excluding hydrogens is 254 g/mol.